The molecule has 0 saturated carbocycles. The van der Waals surface area contributed by atoms with Gasteiger partial charge in [-0.15, -0.1) is 0 Å². The first-order valence-corrected chi connectivity index (χ1v) is 5.95. The van der Waals surface area contributed by atoms with E-state index in [9.17, 15) is 12.8 Å². The average Bonchev–Trinajstić information content (AvgIpc) is 2.25. The van der Waals surface area contributed by atoms with Gasteiger partial charge in [0.15, 0.2) is 0 Å². The number of rotatable bonds is 3. The Labute approximate surface area is 94.4 Å². The lowest BCUT2D eigenvalue weighted by atomic mass is 10.2. The van der Waals surface area contributed by atoms with E-state index in [1.54, 1.807) is 12.1 Å². The van der Waals surface area contributed by atoms with E-state index in [1.165, 1.54) is 12.1 Å². The smallest absolute Gasteiger partial charge is 0.253 e. The van der Waals surface area contributed by atoms with Gasteiger partial charge in [-0.1, -0.05) is 29.5 Å². The molecule has 16 heavy (non-hydrogen) atoms. The maximum Gasteiger partial charge on any atom is 0.297 e. The van der Waals surface area contributed by atoms with E-state index in [-0.39, 0.29) is 11.5 Å². The van der Waals surface area contributed by atoms with Crippen LogP contribution in [-0.2, 0) is 14.3 Å². The Balaban J connectivity index is 2.74. The highest BCUT2D eigenvalue weighted by Gasteiger charge is 2.13. The second kappa shape index (κ2) is 5.64. The Hall–Kier alpha value is -1.38. The molecule has 0 aromatic heterocycles. The summed E-state index contributed by atoms with van der Waals surface area (Å²) in [5.74, 6) is 4.32. The molecule has 0 aliphatic heterocycles. The Morgan fingerprint density at radius 1 is 1.25 bits per heavy atom. The van der Waals surface area contributed by atoms with Crippen molar-refractivity contribution < 1.29 is 17.0 Å². The predicted molar refractivity (Wildman–Crippen MR) is 58.1 cm³/mol. The second-order valence-corrected chi connectivity index (χ2v) is 4.63. The summed E-state index contributed by atoms with van der Waals surface area (Å²) in [5, 5.41) is 0. The summed E-state index contributed by atoms with van der Waals surface area (Å²) in [5.41, 5.74) is 0.955. The van der Waals surface area contributed by atoms with Crippen LogP contribution in [0.5, 0.6) is 0 Å². The van der Waals surface area contributed by atoms with Crippen LogP contribution < -0.4 is 0 Å². The number of hydrogen-bond donors (Lipinski definition) is 0. The van der Waals surface area contributed by atoms with Crippen LogP contribution in [0.3, 0.4) is 0 Å². The third-order valence-electron chi connectivity index (χ3n) is 1.79. The Bertz CT molecular complexity index is 494. The van der Waals surface area contributed by atoms with Gasteiger partial charge in [-0.3, -0.25) is 4.18 Å². The van der Waals surface area contributed by atoms with E-state index >= 15 is 0 Å². The van der Waals surface area contributed by atoms with Crippen molar-refractivity contribution in [2.24, 2.45) is 0 Å². The van der Waals surface area contributed by atoms with Gasteiger partial charge in [0.2, 0.25) is 0 Å². The van der Waals surface area contributed by atoms with Crippen LogP contribution in [0.1, 0.15) is 5.56 Å². The van der Waals surface area contributed by atoms with E-state index in [2.05, 4.69) is 16.0 Å². The van der Waals surface area contributed by atoms with Gasteiger partial charge in [-0.2, -0.15) is 8.42 Å². The van der Waals surface area contributed by atoms with Crippen molar-refractivity contribution in [3.8, 4) is 11.8 Å². The molecule has 1 aromatic carbocycles. The molecule has 1 rings (SSSR count). The molecule has 0 amide bonds. The molecular weight excluding hydrogens is 231 g/mol. The lowest BCUT2D eigenvalue weighted by molar-refractivity contribution is 0.363. The maximum atomic E-state index is 11.6. The second-order valence-electron chi connectivity index (χ2n) is 3.02. The minimum absolute atomic E-state index is 0.0696. The average molecular weight is 242 g/mol. The molecular formula is C11H11FO3S. The van der Waals surface area contributed by atoms with Gasteiger partial charge in [-0.25, -0.2) is 4.39 Å². The Morgan fingerprint density at radius 2 is 1.88 bits per heavy atom. The summed E-state index contributed by atoms with van der Waals surface area (Å²) in [6.07, 6.45) is 0. The van der Waals surface area contributed by atoms with E-state index in [0.717, 1.165) is 5.56 Å². The van der Waals surface area contributed by atoms with E-state index in [1.807, 2.05) is 6.92 Å². The zero-order valence-corrected chi connectivity index (χ0v) is 9.55. The van der Waals surface area contributed by atoms with Crippen molar-refractivity contribution in [2.45, 2.75) is 11.8 Å². The topological polar surface area (TPSA) is 43.4 Å². The molecule has 0 radical (unpaired) electrons. The highest BCUT2D eigenvalue weighted by atomic mass is 32.2. The molecule has 0 unspecified atom stereocenters. The van der Waals surface area contributed by atoms with E-state index < -0.39 is 16.8 Å². The van der Waals surface area contributed by atoms with E-state index in [4.69, 9.17) is 0 Å². The zero-order chi connectivity index (χ0) is 12.0. The van der Waals surface area contributed by atoms with Gasteiger partial charge in [0, 0.05) is 0 Å². The molecule has 0 atom stereocenters. The van der Waals surface area contributed by atoms with Crippen LogP contribution in [-0.4, -0.2) is 21.7 Å². The van der Waals surface area contributed by atoms with Gasteiger partial charge in [-0.05, 0) is 19.1 Å². The van der Waals surface area contributed by atoms with Crippen LogP contribution in [0.4, 0.5) is 4.39 Å². The van der Waals surface area contributed by atoms with Crippen molar-refractivity contribution in [3.05, 3.63) is 29.8 Å². The largest absolute Gasteiger partial charge is 0.297 e. The van der Waals surface area contributed by atoms with Crippen LogP contribution in [0.25, 0.3) is 0 Å². The van der Waals surface area contributed by atoms with E-state index in [0.29, 0.717) is 0 Å². The summed E-state index contributed by atoms with van der Waals surface area (Å²) in [4.78, 5) is 0.0696. The molecule has 0 heterocycles. The molecule has 0 aliphatic carbocycles. The van der Waals surface area contributed by atoms with Crippen LogP contribution in [0, 0.1) is 18.8 Å². The number of alkyl halides is 1. The SMILES string of the molecule is Cc1ccc(S(=O)(=O)OCC#CCF)cc1. The molecule has 3 nitrogen and oxygen atoms in total. The number of halogens is 1. The third-order valence-corrected chi connectivity index (χ3v) is 3.07. The van der Waals surface area contributed by atoms with Gasteiger partial charge in [0.1, 0.15) is 13.3 Å². The third kappa shape index (κ3) is 3.65. The van der Waals surface area contributed by atoms with Crippen molar-refractivity contribution in [1.82, 2.24) is 0 Å². The first-order valence-electron chi connectivity index (χ1n) is 4.54. The molecule has 86 valence electrons. The molecule has 0 spiro atoms. The van der Waals surface area contributed by atoms with Gasteiger partial charge in [0.25, 0.3) is 10.1 Å². The van der Waals surface area contributed by atoms with Crippen LogP contribution >= 0.6 is 0 Å². The Morgan fingerprint density at radius 3 is 2.44 bits per heavy atom. The fraction of sp³-hybridized carbons (Fsp3) is 0.273. The van der Waals surface area contributed by atoms with Gasteiger partial charge < -0.3 is 0 Å². The quantitative estimate of drug-likeness (QED) is 0.598. The fourth-order valence-corrected chi connectivity index (χ4v) is 1.80. The number of hydrogen-bond acceptors (Lipinski definition) is 3. The summed E-state index contributed by atoms with van der Waals surface area (Å²) >= 11 is 0. The predicted octanol–water partition coefficient (Wildman–Crippen LogP) is 1.67. The highest BCUT2D eigenvalue weighted by Crippen LogP contribution is 2.12. The molecule has 0 fully saturated rings. The van der Waals surface area contributed by atoms with Crippen molar-refractivity contribution in [3.63, 3.8) is 0 Å². The highest BCUT2D eigenvalue weighted by molar-refractivity contribution is 7.86. The summed E-state index contributed by atoms with van der Waals surface area (Å²) in [6, 6.07) is 6.24. The maximum absolute atomic E-state index is 11.6. The van der Waals surface area contributed by atoms with Gasteiger partial charge >= 0.3 is 0 Å². The Kier molecular flexibility index (Phi) is 4.47. The summed E-state index contributed by atoms with van der Waals surface area (Å²) < 4.78 is 39.2. The lowest BCUT2D eigenvalue weighted by Gasteiger charge is -2.02. The minimum Gasteiger partial charge on any atom is -0.253 e. The number of aryl methyl sites for hydroxylation is 1. The normalized spacial score (nSPS) is 10.6. The summed E-state index contributed by atoms with van der Waals surface area (Å²) in [6.45, 7) is 0.706. The number of benzene rings is 1. The van der Waals surface area contributed by atoms with Crippen LogP contribution in [0.2, 0.25) is 0 Å². The standard InChI is InChI=1S/C11H11FO3S/c1-10-4-6-11(7-5-10)16(13,14)15-9-3-2-8-12/h4-7H,8-9H2,1H3. The first kappa shape index (κ1) is 12.7. The molecule has 0 N–H and O–H groups in total. The molecule has 0 bridgehead atoms. The molecule has 1 aromatic rings. The lowest BCUT2D eigenvalue weighted by Crippen LogP contribution is -2.06. The fourth-order valence-electron chi connectivity index (χ4n) is 0.978. The molecule has 5 heteroatoms. The molecule has 0 saturated heterocycles. The van der Waals surface area contributed by atoms with Crippen molar-refractivity contribution in [1.29, 1.82) is 0 Å². The van der Waals surface area contributed by atoms with Crippen LogP contribution in [0.15, 0.2) is 29.2 Å². The first-order chi connectivity index (χ1) is 7.56. The zero-order valence-electron chi connectivity index (χ0n) is 8.73. The minimum atomic E-state index is -3.78. The molecule has 0 aliphatic rings. The summed E-state index contributed by atoms with van der Waals surface area (Å²) in [7, 11) is -3.78. The van der Waals surface area contributed by atoms with Crippen molar-refractivity contribution >= 4 is 10.1 Å². The van der Waals surface area contributed by atoms with Crippen molar-refractivity contribution in [2.75, 3.05) is 13.3 Å². The monoisotopic (exact) mass is 242 g/mol. The van der Waals surface area contributed by atoms with Gasteiger partial charge in [0.05, 0.1) is 4.90 Å².